The molecule has 0 aliphatic heterocycles. The number of hydrogen-bond acceptors (Lipinski definition) is 4. The van der Waals surface area contributed by atoms with Crippen LogP contribution in [-0.4, -0.2) is 17.4 Å². The smallest absolute Gasteiger partial charge is 0.331 e. The average Bonchev–Trinajstić information content (AvgIpc) is 2.55. The first-order valence-corrected chi connectivity index (χ1v) is 8.97. The zero-order valence-electron chi connectivity index (χ0n) is 15.8. The van der Waals surface area contributed by atoms with Gasteiger partial charge in [-0.3, -0.25) is 4.79 Å². The quantitative estimate of drug-likeness (QED) is 0.480. The van der Waals surface area contributed by atoms with Crippen LogP contribution in [0.25, 0.3) is 0 Å². The molecule has 4 nitrogen and oxygen atoms in total. The number of carbonyl (C=O) groups is 2. The topological polar surface area (TPSA) is 67.2 Å². The molecule has 0 saturated heterocycles. The summed E-state index contributed by atoms with van der Waals surface area (Å²) in [5.74, 6) is -0.498. The van der Waals surface area contributed by atoms with Gasteiger partial charge in [-0.1, -0.05) is 50.1 Å². The normalized spacial score (nSPS) is 13.6. The van der Waals surface area contributed by atoms with Crippen molar-refractivity contribution in [3.05, 3.63) is 35.9 Å². The Kier molecular flexibility index (Phi) is 7.83. The molecule has 1 aromatic rings. The Hall–Kier alpha value is -2.15. The summed E-state index contributed by atoms with van der Waals surface area (Å²) in [6.45, 7) is 7.40. The zero-order valence-corrected chi connectivity index (χ0v) is 15.8. The summed E-state index contributed by atoms with van der Waals surface area (Å²) in [4.78, 5) is 25.0. The van der Waals surface area contributed by atoms with Crippen molar-refractivity contribution in [1.82, 2.24) is 0 Å². The van der Waals surface area contributed by atoms with Crippen LogP contribution in [0.15, 0.2) is 30.3 Å². The Labute approximate surface area is 151 Å². The van der Waals surface area contributed by atoms with Crippen LogP contribution < -0.4 is 0 Å². The number of rotatable bonds is 9. The minimum Gasteiger partial charge on any atom is -0.459 e. The fraction of sp³-hybridized carbons (Fsp3) is 0.571. The number of Topliss-reactive ketones (excluding diaryl/α,β-unsaturated/α-hetero) is 1. The van der Waals surface area contributed by atoms with Crippen molar-refractivity contribution in [3.8, 4) is 6.07 Å². The van der Waals surface area contributed by atoms with Gasteiger partial charge in [0.1, 0.15) is 11.4 Å². The van der Waals surface area contributed by atoms with Crippen LogP contribution in [0.3, 0.4) is 0 Å². The number of nitriles is 1. The molecular formula is C21H29NO3. The molecule has 0 aliphatic rings. The number of hydrogen-bond donors (Lipinski definition) is 0. The van der Waals surface area contributed by atoms with Crippen molar-refractivity contribution in [1.29, 1.82) is 5.26 Å². The van der Waals surface area contributed by atoms with Gasteiger partial charge in [0.05, 0.1) is 6.07 Å². The minimum absolute atomic E-state index is 0.0903. The summed E-state index contributed by atoms with van der Waals surface area (Å²) in [5.41, 5.74) is -1.57. The summed E-state index contributed by atoms with van der Waals surface area (Å²) < 4.78 is 5.51. The first-order chi connectivity index (χ1) is 11.7. The van der Waals surface area contributed by atoms with E-state index in [-0.39, 0.29) is 18.6 Å². The number of carbonyl (C=O) groups excluding carboxylic acids is 2. The summed E-state index contributed by atoms with van der Waals surface area (Å²) in [6, 6.07) is 11.0. The predicted molar refractivity (Wildman–Crippen MR) is 98.0 cm³/mol. The van der Waals surface area contributed by atoms with Crippen molar-refractivity contribution in [2.45, 2.75) is 77.2 Å². The maximum Gasteiger partial charge on any atom is 0.331 e. The summed E-state index contributed by atoms with van der Waals surface area (Å²) in [6.07, 6.45) is 3.77. The molecule has 0 aromatic heterocycles. The summed E-state index contributed by atoms with van der Waals surface area (Å²) >= 11 is 0. The van der Waals surface area contributed by atoms with Gasteiger partial charge < -0.3 is 4.74 Å². The molecule has 4 heteroatoms. The van der Waals surface area contributed by atoms with Crippen LogP contribution in [0.5, 0.6) is 0 Å². The molecule has 1 rings (SSSR count). The van der Waals surface area contributed by atoms with Crippen molar-refractivity contribution in [2.24, 2.45) is 0 Å². The number of esters is 1. The number of ether oxygens (including phenoxy) is 1. The van der Waals surface area contributed by atoms with Gasteiger partial charge in [-0.25, -0.2) is 4.79 Å². The van der Waals surface area contributed by atoms with Crippen molar-refractivity contribution < 1.29 is 14.3 Å². The van der Waals surface area contributed by atoms with Gasteiger partial charge in [-0.05, 0) is 39.2 Å². The molecule has 25 heavy (non-hydrogen) atoms. The van der Waals surface area contributed by atoms with Gasteiger partial charge in [-0.2, -0.15) is 5.26 Å². The van der Waals surface area contributed by atoms with Gasteiger partial charge in [0.2, 0.25) is 0 Å². The highest BCUT2D eigenvalue weighted by atomic mass is 16.6. The predicted octanol–water partition coefficient (Wildman–Crippen LogP) is 4.72. The van der Waals surface area contributed by atoms with Crippen LogP contribution >= 0.6 is 0 Å². The summed E-state index contributed by atoms with van der Waals surface area (Å²) in [7, 11) is 0. The molecule has 0 heterocycles. The number of unbranched alkanes of at least 4 members (excludes halogenated alkanes) is 2. The van der Waals surface area contributed by atoms with Crippen LogP contribution in [0.2, 0.25) is 0 Å². The number of benzene rings is 1. The second kappa shape index (κ2) is 9.36. The molecule has 0 fully saturated rings. The van der Waals surface area contributed by atoms with E-state index in [1.807, 2.05) is 6.07 Å². The molecule has 0 amide bonds. The fourth-order valence-corrected chi connectivity index (χ4v) is 2.64. The lowest BCUT2D eigenvalue weighted by Crippen LogP contribution is -2.40. The maximum atomic E-state index is 12.8. The molecule has 136 valence electrons. The van der Waals surface area contributed by atoms with Crippen LogP contribution in [0, 0.1) is 11.3 Å². The molecule has 0 N–H and O–H groups in total. The molecular weight excluding hydrogens is 314 g/mol. The van der Waals surface area contributed by atoms with Crippen molar-refractivity contribution in [2.75, 3.05) is 0 Å². The molecule has 0 unspecified atom stereocenters. The van der Waals surface area contributed by atoms with Gasteiger partial charge in [0, 0.05) is 12.8 Å². The molecule has 0 aliphatic carbocycles. The Bertz CT molecular complexity index is 610. The standard InChI is InChI=1S/C21H29NO3/c1-5-6-8-13-18(23)14-15-21(16-22,17-11-9-7-10-12-17)19(24)25-20(2,3)4/h7,9-12H,5-6,8,13-15H2,1-4H3/t21-/m0/s1. The molecule has 1 aromatic carbocycles. The van der Waals surface area contributed by atoms with Crippen LogP contribution in [0.1, 0.15) is 71.8 Å². The second-order valence-corrected chi connectivity index (χ2v) is 7.38. The number of ketones is 1. The van der Waals surface area contributed by atoms with E-state index in [2.05, 4.69) is 13.0 Å². The first-order valence-electron chi connectivity index (χ1n) is 8.97. The molecule has 0 bridgehead atoms. The lowest BCUT2D eigenvalue weighted by atomic mass is 9.77. The van der Waals surface area contributed by atoms with Gasteiger partial charge >= 0.3 is 5.97 Å². The second-order valence-electron chi connectivity index (χ2n) is 7.38. The van der Waals surface area contributed by atoms with Gasteiger partial charge in [0.25, 0.3) is 0 Å². The Morgan fingerprint density at radius 1 is 1.08 bits per heavy atom. The van der Waals surface area contributed by atoms with E-state index in [0.29, 0.717) is 12.0 Å². The minimum atomic E-state index is -1.45. The SMILES string of the molecule is CCCCCC(=O)CC[C@@](C#N)(C(=O)OC(C)(C)C)c1ccccc1. The van der Waals surface area contributed by atoms with E-state index >= 15 is 0 Å². The van der Waals surface area contributed by atoms with Crippen molar-refractivity contribution >= 4 is 11.8 Å². The highest BCUT2D eigenvalue weighted by Gasteiger charge is 2.44. The third kappa shape index (κ3) is 6.34. The fourth-order valence-electron chi connectivity index (χ4n) is 2.64. The molecule has 0 spiro atoms. The summed E-state index contributed by atoms with van der Waals surface area (Å²) in [5, 5.41) is 9.86. The first kappa shape index (κ1) is 20.9. The highest BCUT2D eigenvalue weighted by Crippen LogP contribution is 2.32. The Morgan fingerprint density at radius 3 is 2.24 bits per heavy atom. The van der Waals surface area contributed by atoms with E-state index in [1.165, 1.54) is 0 Å². The number of nitrogens with zero attached hydrogens (tertiary/aromatic N) is 1. The molecule has 0 radical (unpaired) electrons. The lowest BCUT2D eigenvalue weighted by Gasteiger charge is -2.29. The van der Waals surface area contributed by atoms with Gasteiger partial charge in [0.15, 0.2) is 5.41 Å². The van der Waals surface area contributed by atoms with Crippen molar-refractivity contribution in [3.63, 3.8) is 0 Å². The van der Waals surface area contributed by atoms with E-state index in [1.54, 1.807) is 45.0 Å². The monoisotopic (exact) mass is 343 g/mol. The van der Waals surface area contributed by atoms with E-state index in [0.717, 1.165) is 19.3 Å². The molecule has 1 atom stereocenters. The third-order valence-corrected chi connectivity index (χ3v) is 4.04. The maximum absolute atomic E-state index is 12.8. The van der Waals surface area contributed by atoms with E-state index in [4.69, 9.17) is 4.74 Å². The highest BCUT2D eigenvalue weighted by molar-refractivity contribution is 5.88. The van der Waals surface area contributed by atoms with E-state index in [9.17, 15) is 14.9 Å². The zero-order chi connectivity index (χ0) is 18.9. The van der Waals surface area contributed by atoms with Crippen LogP contribution in [0.4, 0.5) is 0 Å². The Morgan fingerprint density at radius 2 is 1.72 bits per heavy atom. The van der Waals surface area contributed by atoms with E-state index < -0.39 is 17.0 Å². The lowest BCUT2D eigenvalue weighted by molar-refractivity contribution is -0.160. The third-order valence-electron chi connectivity index (χ3n) is 4.04. The van der Waals surface area contributed by atoms with Gasteiger partial charge in [-0.15, -0.1) is 0 Å². The average molecular weight is 343 g/mol. The molecule has 0 saturated carbocycles. The largest absolute Gasteiger partial charge is 0.459 e. The van der Waals surface area contributed by atoms with Crippen LogP contribution in [-0.2, 0) is 19.7 Å². The Balaban J connectivity index is 3.01.